The minimum atomic E-state index is 0. The lowest BCUT2D eigenvalue weighted by molar-refractivity contribution is 0.198. The predicted octanol–water partition coefficient (Wildman–Crippen LogP) is 4.96. The summed E-state index contributed by atoms with van der Waals surface area (Å²) in [7, 11) is 1.81. The zero-order valence-electron chi connectivity index (χ0n) is 16.8. The Morgan fingerprint density at radius 2 is 2.03 bits per heavy atom. The van der Waals surface area contributed by atoms with Crippen molar-refractivity contribution in [3.05, 3.63) is 49.9 Å². The summed E-state index contributed by atoms with van der Waals surface area (Å²) >= 11 is 13.8. The molecular formula is C20H28Cl2IN5S. The normalized spacial score (nSPS) is 15.8. The highest BCUT2D eigenvalue weighted by Crippen LogP contribution is 2.24. The summed E-state index contributed by atoms with van der Waals surface area (Å²) in [5.74, 6) is 0.842. The highest BCUT2D eigenvalue weighted by Gasteiger charge is 2.20. The summed E-state index contributed by atoms with van der Waals surface area (Å²) < 4.78 is 0. The van der Waals surface area contributed by atoms with Crippen LogP contribution in [0.25, 0.3) is 0 Å². The monoisotopic (exact) mass is 567 g/mol. The number of nitrogens with zero attached hydrogens (tertiary/aromatic N) is 3. The molecule has 29 heavy (non-hydrogen) atoms. The van der Waals surface area contributed by atoms with Crippen LogP contribution in [0.5, 0.6) is 0 Å². The van der Waals surface area contributed by atoms with Gasteiger partial charge in [0, 0.05) is 38.1 Å². The summed E-state index contributed by atoms with van der Waals surface area (Å²) in [6, 6.07) is 6.31. The van der Waals surface area contributed by atoms with Crippen LogP contribution < -0.4 is 10.6 Å². The zero-order valence-corrected chi connectivity index (χ0v) is 21.4. The molecule has 0 unspecified atom stereocenters. The predicted molar refractivity (Wildman–Crippen MR) is 135 cm³/mol. The third kappa shape index (κ3) is 7.54. The van der Waals surface area contributed by atoms with Crippen molar-refractivity contribution in [1.29, 1.82) is 0 Å². The molecule has 1 aromatic carbocycles. The lowest BCUT2D eigenvalue weighted by Gasteiger charge is -2.33. The van der Waals surface area contributed by atoms with Crippen LogP contribution in [-0.4, -0.2) is 42.0 Å². The maximum atomic E-state index is 6.13. The Labute approximate surface area is 204 Å². The highest BCUT2D eigenvalue weighted by atomic mass is 127. The average molecular weight is 568 g/mol. The fourth-order valence-corrected chi connectivity index (χ4v) is 4.35. The van der Waals surface area contributed by atoms with Crippen molar-refractivity contribution in [2.45, 2.75) is 45.3 Å². The number of halogens is 3. The Morgan fingerprint density at radius 3 is 2.66 bits per heavy atom. The highest BCUT2D eigenvalue weighted by molar-refractivity contribution is 14.0. The van der Waals surface area contributed by atoms with Gasteiger partial charge in [-0.3, -0.25) is 9.89 Å². The standard InChI is InChI=1S/C20H27Cl2N5S.HI/c1-3-19-25-16(13-28-19)11-24-20(23-2)26-15-6-8-27(9-7-15)12-14-4-5-17(21)18(22)10-14;/h4-5,10,13,15H,3,6-9,11-12H2,1-2H3,(H2,23,24,26);1H. The van der Waals surface area contributed by atoms with Crippen LogP contribution >= 0.6 is 58.5 Å². The third-order valence-corrected chi connectivity index (χ3v) is 6.66. The molecule has 160 valence electrons. The van der Waals surface area contributed by atoms with Crippen molar-refractivity contribution in [2.24, 2.45) is 4.99 Å². The first-order valence-corrected chi connectivity index (χ1v) is 11.3. The average Bonchev–Trinajstić information content (AvgIpc) is 3.17. The first-order chi connectivity index (χ1) is 13.6. The second-order valence-electron chi connectivity index (χ2n) is 6.96. The van der Waals surface area contributed by atoms with E-state index in [4.69, 9.17) is 23.2 Å². The smallest absolute Gasteiger partial charge is 0.191 e. The van der Waals surface area contributed by atoms with E-state index in [-0.39, 0.29) is 24.0 Å². The van der Waals surface area contributed by atoms with E-state index in [0.29, 0.717) is 22.6 Å². The summed E-state index contributed by atoms with van der Waals surface area (Å²) in [6.45, 7) is 5.82. The molecule has 0 saturated carbocycles. The molecule has 1 aromatic heterocycles. The van der Waals surface area contributed by atoms with Crippen molar-refractivity contribution in [1.82, 2.24) is 20.5 Å². The number of piperidine rings is 1. The largest absolute Gasteiger partial charge is 0.354 e. The number of hydrogen-bond donors (Lipinski definition) is 2. The fourth-order valence-electron chi connectivity index (χ4n) is 3.29. The van der Waals surface area contributed by atoms with Crippen LogP contribution in [0.15, 0.2) is 28.6 Å². The molecule has 2 heterocycles. The van der Waals surface area contributed by atoms with Gasteiger partial charge < -0.3 is 10.6 Å². The van der Waals surface area contributed by atoms with Crippen LogP contribution in [0.2, 0.25) is 10.0 Å². The Kier molecular flexibility index (Phi) is 10.5. The van der Waals surface area contributed by atoms with E-state index >= 15 is 0 Å². The number of benzene rings is 1. The summed E-state index contributed by atoms with van der Waals surface area (Å²) in [5, 5.41) is 11.4. The molecule has 1 aliphatic heterocycles. The number of rotatable bonds is 6. The van der Waals surface area contributed by atoms with Gasteiger partial charge in [0.2, 0.25) is 0 Å². The minimum Gasteiger partial charge on any atom is -0.354 e. The van der Waals surface area contributed by atoms with E-state index < -0.39 is 0 Å². The lowest BCUT2D eigenvalue weighted by atomic mass is 10.0. The number of thiazole rings is 1. The van der Waals surface area contributed by atoms with E-state index in [1.165, 1.54) is 10.6 Å². The molecular weight excluding hydrogens is 540 g/mol. The zero-order chi connectivity index (χ0) is 19.9. The molecule has 0 radical (unpaired) electrons. The van der Waals surface area contributed by atoms with E-state index in [0.717, 1.165) is 50.6 Å². The lowest BCUT2D eigenvalue weighted by Crippen LogP contribution is -2.48. The number of likely N-dealkylation sites (tertiary alicyclic amines) is 1. The molecule has 0 amide bonds. The molecule has 5 nitrogen and oxygen atoms in total. The van der Waals surface area contributed by atoms with Crippen LogP contribution in [0, 0.1) is 0 Å². The second kappa shape index (κ2) is 12.3. The van der Waals surface area contributed by atoms with Gasteiger partial charge in [-0.25, -0.2) is 4.98 Å². The van der Waals surface area contributed by atoms with Crippen molar-refractivity contribution >= 4 is 64.5 Å². The van der Waals surface area contributed by atoms with Crippen molar-refractivity contribution in [3.8, 4) is 0 Å². The summed E-state index contributed by atoms with van der Waals surface area (Å²) in [4.78, 5) is 11.4. The fraction of sp³-hybridized carbons (Fsp3) is 0.500. The number of nitrogens with one attached hydrogen (secondary N) is 2. The van der Waals surface area contributed by atoms with Crippen molar-refractivity contribution in [3.63, 3.8) is 0 Å². The quantitative estimate of drug-likeness (QED) is 0.294. The number of hydrogen-bond acceptors (Lipinski definition) is 4. The second-order valence-corrected chi connectivity index (χ2v) is 8.71. The topological polar surface area (TPSA) is 52.6 Å². The number of guanidine groups is 1. The molecule has 0 bridgehead atoms. The van der Waals surface area contributed by atoms with E-state index in [1.807, 2.05) is 25.2 Å². The van der Waals surface area contributed by atoms with Gasteiger partial charge in [0.1, 0.15) is 0 Å². The van der Waals surface area contributed by atoms with Gasteiger partial charge >= 0.3 is 0 Å². The Hall–Kier alpha value is -0.610. The van der Waals surface area contributed by atoms with Gasteiger partial charge in [-0.1, -0.05) is 36.2 Å². The molecule has 1 fully saturated rings. The molecule has 3 rings (SSSR count). The van der Waals surface area contributed by atoms with Gasteiger partial charge in [0.15, 0.2) is 5.96 Å². The van der Waals surface area contributed by atoms with Crippen LogP contribution in [0.3, 0.4) is 0 Å². The Bertz CT molecular complexity index is 806. The van der Waals surface area contributed by atoms with Gasteiger partial charge in [-0.2, -0.15) is 0 Å². The van der Waals surface area contributed by atoms with Crippen LogP contribution in [0.1, 0.15) is 36.0 Å². The van der Waals surface area contributed by atoms with Crippen LogP contribution in [0.4, 0.5) is 0 Å². The Morgan fingerprint density at radius 1 is 1.28 bits per heavy atom. The number of aryl methyl sites for hydroxylation is 1. The van der Waals surface area contributed by atoms with Gasteiger partial charge in [-0.15, -0.1) is 35.3 Å². The van der Waals surface area contributed by atoms with Crippen molar-refractivity contribution < 1.29 is 0 Å². The maximum Gasteiger partial charge on any atom is 0.191 e. The number of aliphatic imine (C=N–C) groups is 1. The van der Waals surface area contributed by atoms with Gasteiger partial charge in [0.25, 0.3) is 0 Å². The summed E-state index contributed by atoms with van der Waals surface area (Å²) in [5.41, 5.74) is 2.27. The van der Waals surface area contributed by atoms with Gasteiger partial charge in [0.05, 0.1) is 27.3 Å². The van der Waals surface area contributed by atoms with Crippen LogP contribution in [-0.2, 0) is 19.5 Å². The first kappa shape index (κ1) is 24.7. The number of aromatic nitrogens is 1. The van der Waals surface area contributed by atoms with E-state index in [2.05, 4.69) is 37.8 Å². The van der Waals surface area contributed by atoms with E-state index in [9.17, 15) is 0 Å². The van der Waals surface area contributed by atoms with Gasteiger partial charge in [-0.05, 0) is 37.0 Å². The molecule has 9 heteroatoms. The molecule has 2 aromatic rings. The molecule has 2 N–H and O–H groups in total. The minimum absolute atomic E-state index is 0. The third-order valence-electron chi connectivity index (χ3n) is 4.88. The molecule has 1 aliphatic rings. The Balaban J connectivity index is 0.00000300. The first-order valence-electron chi connectivity index (χ1n) is 9.64. The molecule has 1 saturated heterocycles. The molecule has 0 aliphatic carbocycles. The molecule has 0 spiro atoms. The van der Waals surface area contributed by atoms with E-state index in [1.54, 1.807) is 11.3 Å². The summed E-state index contributed by atoms with van der Waals surface area (Å²) in [6.07, 6.45) is 3.15. The maximum absolute atomic E-state index is 6.13. The molecule has 0 atom stereocenters. The van der Waals surface area contributed by atoms with Crippen molar-refractivity contribution in [2.75, 3.05) is 20.1 Å². The SMILES string of the molecule is CCc1nc(CNC(=NC)NC2CCN(Cc3ccc(Cl)c(Cl)c3)CC2)cs1.I.